The molecule has 3 amide bonds. The highest BCUT2D eigenvalue weighted by Crippen LogP contribution is 2.32. The van der Waals surface area contributed by atoms with E-state index in [4.69, 9.17) is 0 Å². The Morgan fingerprint density at radius 2 is 1.82 bits per heavy atom. The van der Waals surface area contributed by atoms with E-state index in [0.29, 0.717) is 5.56 Å². The summed E-state index contributed by atoms with van der Waals surface area (Å²) in [6, 6.07) is 7.75. The number of benzene rings is 2. The van der Waals surface area contributed by atoms with Crippen molar-refractivity contribution in [2.45, 2.75) is 31.7 Å². The summed E-state index contributed by atoms with van der Waals surface area (Å²) in [5.41, 5.74) is 1.69. The molecule has 28 heavy (non-hydrogen) atoms. The first-order valence-corrected chi connectivity index (χ1v) is 9.04. The fourth-order valence-corrected chi connectivity index (χ4v) is 3.82. The molecule has 4 rings (SSSR count). The van der Waals surface area contributed by atoms with Crippen molar-refractivity contribution in [2.24, 2.45) is 0 Å². The minimum atomic E-state index is -1.27. The number of halogens is 2. The monoisotopic (exact) mass is 384 g/mol. The third kappa shape index (κ3) is 2.87. The summed E-state index contributed by atoms with van der Waals surface area (Å²) in [6.07, 6.45) is 2.99. The molecule has 0 spiro atoms. The maximum Gasteiger partial charge on any atom is 0.325 e. The normalized spacial score (nSPS) is 21.0. The van der Waals surface area contributed by atoms with Crippen LogP contribution in [0.1, 0.15) is 40.4 Å². The van der Waals surface area contributed by atoms with Crippen molar-refractivity contribution in [3.8, 4) is 0 Å². The summed E-state index contributed by atoms with van der Waals surface area (Å²) in [5, 5.41) is 2.67. The highest BCUT2D eigenvalue weighted by Gasteiger charge is 2.49. The van der Waals surface area contributed by atoms with Gasteiger partial charge in [0.25, 0.3) is 5.91 Å². The molecule has 0 aromatic heterocycles. The summed E-state index contributed by atoms with van der Waals surface area (Å²) in [7, 11) is 0. The number of amides is 3. The van der Waals surface area contributed by atoms with Crippen LogP contribution in [0.2, 0.25) is 0 Å². The zero-order valence-electron chi connectivity index (χ0n) is 15.2. The Morgan fingerprint density at radius 1 is 1.07 bits per heavy atom. The number of Topliss-reactive ketones (excluding diaryl/α,β-unsaturated/α-hetero) is 1. The number of carbonyl (C=O) groups is 3. The summed E-state index contributed by atoms with van der Waals surface area (Å²) in [4.78, 5) is 38.6. The van der Waals surface area contributed by atoms with Gasteiger partial charge in [-0.1, -0.05) is 18.2 Å². The highest BCUT2D eigenvalue weighted by atomic mass is 19.2. The molecule has 1 N–H and O–H groups in total. The first-order chi connectivity index (χ1) is 13.3. The Kier molecular flexibility index (Phi) is 4.25. The van der Waals surface area contributed by atoms with E-state index in [-0.39, 0.29) is 5.56 Å². The maximum absolute atomic E-state index is 13.4. The molecule has 1 atom stereocenters. The molecule has 1 heterocycles. The average Bonchev–Trinajstić information content (AvgIpc) is 3.22. The summed E-state index contributed by atoms with van der Waals surface area (Å²) < 4.78 is 26.4. The van der Waals surface area contributed by atoms with E-state index in [1.165, 1.54) is 5.56 Å². The molecule has 2 aliphatic rings. The zero-order valence-corrected chi connectivity index (χ0v) is 15.2. The van der Waals surface area contributed by atoms with Crippen LogP contribution >= 0.6 is 0 Å². The van der Waals surface area contributed by atoms with Gasteiger partial charge in [0.05, 0.1) is 6.54 Å². The Balaban J connectivity index is 1.58. The minimum absolute atomic E-state index is 0.106. The average molecular weight is 384 g/mol. The number of fused-ring (bicyclic) bond motifs is 1. The van der Waals surface area contributed by atoms with Crippen molar-refractivity contribution in [3.63, 3.8) is 0 Å². The lowest BCUT2D eigenvalue weighted by molar-refractivity contribution is -0.130. The molecule has 5 nitrogen and oxygen atoms in total. The Labute approximate surface area is 160 Å². The van der Waals surface area contributed by atoms with Gasteiger partial charge in [0.2, 0.25) is 0 Å². The fraction of sp³-hybridized carbons (Fsp3) is 0.286. The third-order valence-corrected chi connectivity index (χ3v) is 5.49. The van der Waals surface area contributed by atoms with Crippen molar-refractivity contribution >= 4 is 17.7 Å². The molecule has 1 aliphatic carbocycles. The van der Waals surface area contributed by atoms with Crippen LogP contribution in [0.15, 0.2) is 36.4 Å². The number of nitrogens with one attached hydrogen (secondary N) is 1. The zero-order chi connectivity index (χ0) is 20.1. The van der Waals surface area contributed by atoms with Gasteiger partial charge in [-0.2, -0.15) is 0 Å². The van der Waals surface area contributed by atoms with Crippen LogP contribution in [0.3, 0.4) is 0 Å². The van der Waals surface area contributed by atoms with Gasteiger partial charge >= 0.3 is 6.03 Å². The van der Waals surface area contributed by atoms with Crippen LogP contribution in [-0.2, 0) is 23.2 Å². The molecule has 0 radical (unpaired) electrons. The molecule has 1 saturated heterocycles. The second-order valence-corrected chi connectivity index (χ2v) is 7.34. The van der Waals surface area contributed by atoms with Crippen molar-refractivity contribution in [3.05, 3.63) is 70.3 Å². The third-order valence-electron chi connectivity index (χ3n) is 5.49. The van der Waals surface area contributed by atoms with Crippen molar-refractivity contribution in [1.82, 2.24) is 10.2 Å². The lowest BCUT2D eigenvalue weighted by atomic mass is 9.89. The van der Waals surface area contributed by atoms with E-state index in [1.807, 2.05) is 18.2 Å². The number of aryl methyl sites for hydroxylation is 2. The van der Waals surface area contributed by atoms with Crippen LogP contribution in [0.25, 0.3) is 0 Å². The lowest BCUT2D eigenvalue weighted by Crippen LogP contribution is -2.41. The van der Waals surface area contributed by atoms with E-state index in [9.17, 15) is 23.2 Å². The molecule has 2 aromatic carbocycles. The molecule has 0 bridgehead atoms. The second-order valence-electron chi connectivity index (χ2n) is 7.34. The van der Waals surface area contributed by atoms with Gasteiger partial charge < -0.3 is 5.32 Å². The van der Waals surface area contributed by atoms with Crippen molar-refractivity contribution in [2.75, 3.05) is 6.54 Å². The fourth-order valence-electron chi connectivity index (χ4n) is 3.82. The summed E-state index contributed by atoms with van der Waals surface area (Å²) >= 11 is 0. The molecular weight excluding hydrogens is 366 g/mol. The maximum atomic E-state index is 13.4. The Bertz CT molecular complexity index is 1020. The molecule has 1 fully saturated rings. The molecule has 2 aromatic rings. The van der Waals surface area contributed by atoms with Crippen LogP contribution < -0.4 is 5.32 Å². The molecule has 1 unspecified atom stereocenters. The highest BCUT2D eigenvalue weighted by molar-refractivity contribution is 6.11. The molecule has 1 aliphatic heterocycles. The standard InChI is InChI=1S/C21H18F2N2O3/c1-21(15-7-5-12-3-2-4-13(12)9-15)19(27)25(20(28)24-21)11-18(26)14-6-8-16(22)17(23)10-14/h5-10H,2-4,11H2,1H3,(H,24,28). The summed E-state index contributed by atoms with van der Waals surface area (Å²) in [6.45, 7) is 1.06. The predicted molar refractivity (Wildman–Crippen MR) is 96.8 cm³/mol. The number of carbonyl (C=O) groups excluding carboxylic acids is 3. The Morgan fingerprint density at radius 3 is 2.57 bits per heavy atom. The first-order valence-electron chi connectivity index (χ1n) is 9.04. The van der Waals surface area contributed by atoms with E-state index in [1.54, 1.807) is 6.92 Å². The topological polar surface area (TPSA) is 66.5 Å². The van der Waals surface area contributed by atoms with Crippen LogP contribution in [0.4, 0.5) is 13.6 Å². The number of urea groups is 1. The number of rotatable bonds is 4. The largest absolute Gasteiger partial charge is 0.325 e. The quantitative estimate of drug-likeness (QED) is 0.651. The van der Waals surface area contributed by atoms with Gasteiger partial charge in [0.1, 0.15) is 5.54 Å². The van der Waals surface area contributed by atoms with Gasteiger partial charge in [-0.3, -0.25) is 14.5 Å². The number of ketones is 1. The van der Waals surface area contributed by atoms with Gasteiger partial charge in [0, 0.05) is 5.56 Å². The molecule has 0 saturated carbocycles. The summed E-state index contributed by atoms with van der Waals surface area (Å²) in [5.74, 6) is -3.44. The van der Waals surface area contributed by atoms with Gasteiger partial charge in [-0.05, 0) is 61.1 Å². The molecular formula is C21H18F2N2O3. The van der Waals surface area contributed by atoms with Crippen LogP contribution in [-0.4, -0.2) is 29.2 Å². The predicted octanol–water partition coefficient (Wildman–Crippen LogP) is 3.10. The molecule has 7 heteroatoms. The van der Waals surface area contributed by atoms with Gasteiger partial charge in [-0.15, -0.1) is 0 Å². The Hall–Kier alpha value is -3.09. The molecule has 144 valence electrons. The van der Waals surface area contributed by atoms with Gasteiger partial charge in [-0.25, -0.2) is 13.6 Å². The number of imide groups is 1. The minimum Gasteiger partial charge on any atom is -0.319 e. The van der Waals surface area contributed by atoms with Crippen LogP contribution in [0, 0.1) is 11.6 Å². The van der Waals surface area contributed by atoms with Crippen LogP contribution in [0.5, 0.6) is 0 Å². The number of hydrogen-bond acceptors (Lipinski definition) is 3. The first kappa shape index (κ1) is 18.3. The number of hydrogen-bond donors (Lipinski definition) is 1. The van der Waals surface area contributed by atoms with E-state index in [2.05, 4.69) is 5.32 Å². The lowest BCUT2D eigenvalue weighted by Gasteiger charge is -2.23. The van der Waals surface area contributed by atoms with Gasteiger partial charge in [0.15, 0.2) is 17.4 Å². The smallest absolute Gasteiger partial charge is 0.319 e. The number of nitrogens with zero attached hydrogens (tertiary/aromatic N) is 1. The SMILES string of the molecule is CC1(c2ccc3c(c2)CCC3)NC(=O)N(CC(=O)c2ccc(F)c(F)c2)C1=O. The van der Waals surface area contributed by atoms with Crippen molar-refractivity contribution < 1.29 is 23.2 Å². The second kappa shape index (κ2) is 6.51. The van der Waals surface area contributed by atoms with Crippen molar-refractivity contribution in [1.29, 1.82) is 0 Å². The van der Waals surface area contributed by atoms with E-state index in [0.717, 1.165) is 47.9 Å². The van der Waals surface area contributed by atoms with E-state index >= 15 is 0 Å². The van der Waals surface area contributed by atoms with E-state index < -0.39 is 41.4 Å².